The minimum absolute atomic E-state index is 0.284. The van der Waals surface area contributed by atoms with Crippen LogP contribution >= 0.6 is 11.6 Å². The first-order valence-corrected chi connectivity index (χ1v) is 6.89. The van der Waals surface area contributed by atoms with Gasteiger partial charge in [0, 0.05) is 23.2 Å². The summed E-state index contributed by atoms with van der Waals surface area (Å²) in [6.07, 6.45) is 2.28. The second-order valence-electron chi connectivity index (χ2n) is 5.25. The van der Waals surface area contributed by atoms with Gasteiger partial charge in [-0.25, -0.2) is 0 Å². The molecule has 0 bridgehead atoms. The SMILES string of the molecule is CC(N)C1CCN(Cc2cc(Cl)ccc2O)CC1. The van der Waals surface area contributed by atoms with Crippen LogP contribution in [0.3, 0.4) is 0 Å². The summed E-state index contributed by atoms with van der Waals surface area (Å²) in [5.74, 6) is 0.961. The van der Waals surface area contributed by atoms with Gasteiger partial charge < -0.3 is 10.8 Å². The second-order valence-corrected chi connectivity index (χ2v) is 5.68. The van der Waals surface area contributed by atoms with Crippen molar-refractivity contribution < 1.29 is 5.11 Å². The summed E-state index contributed by atoms with van der Waals surface area (Å²) >= 11 is 5.95. The Balaban J connectivity index is 1.93. The van der Waals surface area contributed by atoms with Crippen molar-refractivity contribution in [1.29, 1.82) is 0 Å². The highest BCUT2D eigenvalue weighted by Gasteiger charge is 2.22. The molecule has 0 radical (unpaired) electrons. The molecule has 1 aromatic carbocycles. The van der Waals surface area contributed by atoms with E-state index in [1.165, 1.54) is 0 Å². The molecule has 4 heteroatoms. The summed E-state index contributed by atoms with van der Waals surface area (Å²) < 4.78 is 0. The number of likely N-dealkylation sites (tertiary alicyclic amines) is 1. The summed E-state index contributed by atoms with van der Waals surface area (Å²) in [7, 11) is 0. The van der Waals surface area contributed by atoms with Crippen molar-refractivity contribution >= 4 is 11.6 Å². The van der Waals surface area contributed by atoms with Gasteiger partial charge in [-0.05, 0) is 57.0 Å². The van der Waals surface area contributed by atoms with Crippen LogP contribution in [-0.4, -0.2) is 29.1 Å². The summed E-state index contributed by atoms with van der Waals surface area (Å²) in [5, 5.41) is 10.5. The molecule has 3 N–H and O–H groups in total. The molecule has 1 heterocycles. The molecule has 18 heavy (non-hydrogen) atoms. The molecule has 0 aromatic heterocycles. The van der Waals surface area contributed by atoms with Crippen LogP contribution < -0.4 is 5.73 Å². The van der Waals surface area contributed by atoms with Crippen LogP contribution in [0, 0.1) is 5.92 Å². The third-order valence-electron chi connectivity index (χ3n) is 3.81. The maximum absolute atomic E-state index is 9.80. The number of rotatable bonds is 3. The lowest BCUT2D eigenvalue weighted by Gasteiger charge is -2.33. The van der Waals surface area contributed by atoms with E-state index in [-0.39, 0.29) is 6.04 Å². The Morgan fingerprint density at radius 2 is 2.11 bits per heavy atom. The number of hydrogen-bond acceptors (Lipinski definition) is 3. The van der Waals surface area contributed by atoms with E-state index in [0.717, 1.165) is 38.0 Å². The van der Waals surface area contributed by atoms with Gasteiger partial charge in [0.05, 0.1) is 0 Å². The zero-order chi connectivity index (χ0) is 13.1. The van der Waals surface area contributed by atoms with E-state index in [2.05, 4.69) is 11.8 Å². The van der Waals surface area contributed by atoms with Crippen LogP contribution in [0.2, 0.25) is 5.02 Å². The van der Waals surface area contributed by atoms with Crippen LogP contribution in [0.4, 0.5) is 0 Å². The Morgan fingerprint density at radius 1 is 1.44 bits per heavy atom. The summed E-state index contributed by atoms with van der Waals surface area (Å²) in [4.78, 5) is 2.35. The smallest absolute Gasteiger partial charge is 0.120 e. The van der Waals surface area contributed by atoms with E-state index in [9.17, 15) is 5.11 Å². The molecule has 1 aromatic rings. The van der Waals surface area contributed by atoms with Crippen molar-refractivity contribution in [2.45, 2.75) is 32.4 Å². The van der Waals surface area contributed by atoms with E-state index < -0.39 is 0 Å². The Hall–Kier alpha value is -0.770. The van der Waals surface area contributed by atoms with Crippen molar-refractivity contribution in [2.75, 3.05) is 13.1 Å². The van der Waals surface area contributed by atoms with Crippen LogP contribution in [0.25, 0.3) is 0 Å². The highest BCUT2D eigenvalue weighted by Crippen LogP contribution is 2.26. The normalized spacial score (nSPS) is 19.9. The molecule has 2 rings (SSSR count). The third kappa shape index (κ3) is 3.37. The average Bonchev–Trinajstić information content (AvgIpc) is 2.34. The van der Waals surface area contributed by atoms with Gasteiger partial charge in [0.15, 0.2) is 0 Å². The van der Waals surface area contributed by atoms with E-state index in [1.54, 1.807) is 12.1 Å². The Kier molecular flexibility index (Phi) is 4.49. The lowest BCUT2D eigenvalue weighted by molar-refractivity contribution is 0.164. The average molecular weight is 269 g/mol. The van der Waals surface area contributed by atoms with E-state index >= 15 is 0 Å². The number of halogens is 1. The fourth-order valence-corrected chi connectivity index (χ4v) is 2.75. The standard InChI is InChI=1S/C14H21ClN2O/c1-10(16)11-4-6-17(7-5-11)9-12-8-13(15)2-3-14(12)18/h2-3,8,10-11,18H,4-7,9,16H2,1H3. The Labute approximate surface area is 114 Å². The second kappa shape index (κ2) is 5.91. The maximum Gasteiger partial charge on any atom is 0.120 e. The fourth-order valence-electron chi connectivity index (χ4n) is 2.56. The molecule has 1 atom stereocenters. The molecular weight excluding hydrogens is 248 g/mol. The lowest BCUT2D eigenvalue weighted by atomic mass is 9.91. The zero-order valence-electron chi connectivity index (χ0n) is 10.8. The number of piperidine rings is 1. The molecule has 1 unspecified atom stereocenters. The van der Waals surface area contributed by atoms with Gasteiger partial charge in [-0.15, -0.1) is 0 Å². The van der Waals surface area contributed by atoms with Crippen LogP contribution in [-0.2, 0) is 6.54 Å². The molecule has 0 saturated carbocycles. The highest BCUT2D eigenvalue weighted by atomic mass is 35.5. The van der Waals surface area contributed by atoms with Gasteiger partial charge in [-0.2, -0.15) is 0 Å². The molecule has 1 aliphatic rings. The minimum atomic E-state index is 0.284. The van der Waals surface area contributed by atoms with Crippen molar-refractivity contribution in [1.82, 2.24) is 4.90 Å². The zero-order valence-corrected chi connectivity index (χ0v) is 11.5. The number of nitrogens with two attached hydrogens (primary N) is 1. The largest absolute Gasteiger partial charge is 0.508 e. The highest BCUT2D eigenvalue weighted by molar-refractivity contribution is 6.30. The van der Waals surface area contributed by atoms with Gasteiger partial charge in [-0.3, -0.25) is 4.90 Å². The fraction of sp³-hybridized carbons (Fsp3) is 0.571. The summed E-state index contributed by atoms with van der Waals surface area (Å²) in [5.41, 5.74) is 6.84. The van der Waals surface area contributed by atoms with Crippen molar-refractivity contribution in [3.63, 3.8) is 0 Å². The topological polar surface area (TPSA) is 49.5 Å². The van der Waals surface area contributed by atoms with Gasteiger partial charge in [0.2, 0.25) is 0 Å². The Morgan fingerprint density at radius 3 is 2.72 bits per heavy atom. The van der Waals surface area contributed by atoms with E-state index in [0.29, 0.717) is 16.7 Å². The lowest BCUT2D eigenvalue weighted by Crippen LogP contribution is -2.39. The van der Waals surface area contributed by atoms with Gasteiger partial charge in [0.25, 0.3) is 0 Å². The molecule has 1 fully saturated rings. The minimum Gasteiger partial charge on any atom is -0.508 e. The van der Waals surface area contributed by atoms with Gasteiger partial charge in [0.1, 0.15) is 5.75 Å². The first kappa shape index (κ1) is 13.7. The van der Waals surface area contributed by atoms with Crippen molar-refractivity contribution in [2.24, 2.45) is 11.7 Å². The third-order valence-corrected chi connectivity index (χ3v) is 4.05. The molecule has 0 spiro atoms. The molecular formula is C14H21ClN2O. The predicted octanol–water partition coefficient (Wildman–Crippen LogP) is 2.60. The van der Waals surface area contributed by atoms with E-state index in [4.69, 9.17) is 17.3 Å². The maximum atomic E-state index is 9.80. The molecule has 1 aliphatic heterocycles. The molecule has 100 valence electrons. The van der Waals surface area contributed by atoms with Gasteiger partial charge >= 0.3 is 0 Å². The summed E-state index contributed by atoms with van der Waals surface area (Å²) in [6.45, 7) is 4.93. The number of hydrogen-bond donors (Lipinski definition) is 2. The van der Waals surface area contributed by atoms with Gasteiger partial charge in [-0.1, -0.05) is 11.6 Å². The number of nitrogens with zero attached hydrogens (tertiary/aromatic N) is 1. The van der Waals surface area contributed by atoms with Crippen molar-refractivity contribution in [3.8, 4) is 5.75 Å². The monoisotopic (exact) mass is 268 g/mol. The van der Waals surface area contributed by atoms with Crippen LogP contribution in [0.15, 0.2) is 18.2 Å². The molecule has 1 saturated heterocycles. The Bertz CT molecular complexity index is 401. The quantitative estimate of drug-likeness (QED) is 0.886. The predicted molar refractivity (Wildman–Crippen MR) is 74.8 cm³/mol. The molecule has 0 amide bonds. The number of benzene rings is 1. The first-order chi connectivity index (χ1) is 8.56. The molecule has 0 aliphatic carbocycles. The number of aromatic hydroxyl groups is 1. The molecule has 3 nitrogen and oxygen atoms in total. The van der Waals surface area contributed by atoms with Crippen LogP contribution in [0.1, 0.15) is 25.3 Å². The summed E-state index contributed by atoms with van der Waals surface area (Å²) in [6, 6.07) is 5.50. The van der Waals surface area contributed by atoms with E-state index in [1.807, 2.05) is 6.07 Å². The van der Waals surface area contributed by atoms with Crippen LogP contribution in [0.5, 0.6) is 5.75 Å². The first-order valence-electron chi connectivity index (χ1n) is 6.51. The number of phenolic OH excluding ortho intramolecular Hbond substituents is 1. The number of phenols is 1. The van der Waals surface area contributed by atoms with Crippen molar-refractivity contribution in [3.05, 3.63) is 28.8 Å².